The van der Waals surface area contributed by atoms with Crippen molar-refractivity contribution in [3.8, 4) is 0 Å². The van der Waals surface area contributed by atoms with E-state index in [4.69, 9.17) is 0 Å². The topological polar surface area (TPSA) is 51.2 Å². The Morgan fingerprint density at radius 1 is 0.833 bits per heavy atom. The molecule has 3 nitrogen and oxygen atoms in total. The van der Waals surface area contributed by atoms with Crippen LogP contribution in [0.3, 0.4) is 0 Å². The van der Waals surface area contributed by atoms with Gasteiger partial charge in [0.25, 0.3) is 0 Å². The maximum atomic E-state index is 12.7. The Bertz CT molecular complexity index is 658. The molecule has 0 saturated heterocycles. The fraction of sp³-hybridized carbons (Fsp3) is 0. The third-order valence-corrected chi connectivity index (χ3v) is 4.24. The van der Waals surface area contributed by atoms with Gasteiger partial charge in [0.05, 0.1) is 9.79 Å². The van der Waals surface area contributed by atoms with E-state index in [1.165, 1.54) is 36.4 Å². The van der Waals surface area contributed by atoms with Crippen LogP contribution in [-0.2, 0) is 9.84 Å². The number of carbonyl (C=O) groups is 1. The number of sulfone groups is 1. The molecule has 5 heteroatoms. The van der Waals surface area contributed by atoms with Crippen LogP contribution in [0, 0.1) is 5.82 Å². The van der Waals surface area contributed by atoms with Crippen LogP contribution >= 0.6 is 0 Å². The van der Waals surface area contributed by atoms with E-state index in [-0.39, 0.29) is 9.79 Å². The molecule has 0 aliphatic rings. The molecule has 0 saturated carbocycles. The molecule has 0 fully saturated rings. The maximum absolute atomic E-state index is 12.7. The molecule has 0 aromatic heterocycles. The summed E-state index contributed by atoms with van der Waals surface area (Å²) in [6.45, 7) is 0. The van der Waals surface area contributed by atoms with Crippen molar-refractivity contribution < 1.29 is 17.6 Å². The second-order valence-corrected chi connectivity index (χ2v) is 5.59. The molecule has 18 heavy (non-hydrogen) atoms. The molecule has 0 N–H and O–H groups in total. The molecule has 0 heterocycles. The summed E-state index contributed by atoms with van der Waals surface area (Å²) in [6, 6.07) is 10.1. The van der Waals surface area contributed by atoms with Crippen molar-refractivity contribution in [2.24, 2.45) is 0 Å². The number of hydrogen-bond donors (Lipinski definition) is 0. The van der Waals surface area contributed by atoms with Crippen molar-refractivity contribution in [1.29, 1.82) is 0 Å². The van der Waals surface area contributed by atoms with Gasteiger partial charge in [0.1, 0.15) is 12.1 Å². The molecule has 0 radical (unpaired) electrons. The third kappa shape index (κ3) is 2.31. The van der Waals surface area contributed by atoms with Crippen molar-refractivity contribution in [1.82, 2.24) is 0 Å². The van der Waals surface area contributed by atoms with Gasteiger partial charge in [-0.1, -0.05) is 12.1 Å². The molecule has 2 rings (SSSR count). The van der Waals surface area contributed by atoms with E-state index < -0.39 is 15.7 Å². The van der Waals surface area contributed by atoms with Crippen LogP contribution in [0.2, 0.25) is 0 Å². The first kappa shape index (κ1) is 12.4. The first-order valence-electron chi connectivity index (χ1n) is 5.10. The Balaban J connectivity index is 2.47. The minimum atomic E-state index is -3.66. The van der Waals surface area contributed by atoms with Crippen LogP contribution < -0.4 is 0 Å². The van der Waals surface area contributed by atoms with Crippen LogP contribution in [0.15, 0.2) is 58.3 Å². The summed E-state index contributed by atoms with van der Waals surface area (Å²) in [7, 11) is -3.66. The van der Waals surface area contributed by atoms with Crippen molar-refractivity contribution >= 4 is 16.1 Å². The minimum absolute atomic E-state index is 0.0164. The molecule has 0 amide bonds. The summed E-state index contributed by atoms with van der Waals surface area (Å²) in [5.41, 5.74) is 0.396. The fourth-order valence-electron chi connectivity index (χ4n) is 1.48. The number of aldehydes is 1. The highest BCUT2D eigenvalue weighted by atomic mass is 32.2. The number of carbonyl (C=O) groups excluding carboxylic acids is 1. The summed E-state index contributed by atoms with van der Waals surface area (Å²) in [4.78, 5) is 10.6. The summed E-state index contributed by atoms with van der Waals surface area (Å²) < 4.78 is 37.0. The smallest absolute Gasteiger partial charge is 0.206 e. The molecule has 0 bridgehead atoms. The van der Waals surface area contributed by atoms with Gasteiger partial charge >= 0.3 is 0 Å². The van der Waals surface area contributed by atoms with E-state index in [2.05, 4.69) is 0 Å². The van der Waals surface area contributed by atoms with Gasteiger partial charge in [-0.3, -0.25) is 4.79 Å². The summed E-state index contributed by atoms with van der Waals surface area (Å²) >= 11 is 0. The van der Waals surface area contributed by atoms with Crippen LogP contribution in [0.4, 0.5) is 4.39 Å². The quantitative estimate of drug-likeness (QED) is 0.632. The highest BCUT2D eigenvalue weighted by Gasteiger charge is 2.17. The molecule has 0 spiro atoms. The van der Waals surface area contributed by atoms with Gasteiger partial charge < -0.3 is 0 Å². The van der Waals surface area contributed by atoms with Crippen LogP contribution in [0.25, 0.3) is 0 Å². The summed E-state index contributed by atoms with van der Waals surface area (Å²) in [5.74, 6) is -0.495. The monoisotopic (exact) mass is 264 g/mol. The Morgan fingerprint density at radius 3 is 1.72 bits per heavy atom. The van der Waals surface area contributed by atoms with Gasteiger partial charge in [-0.2, -0.15) is 0 Å². The average Bonchev–Trinajstić information content (AvgIpc) is 2.39. The van der Waals surface area contributed by atoms with E-state index in [0.29, 0.717) is 11.8 Å². The van der Waals surface area contributed by atoms with Crippen LogP contribution in [-0.4, -0.2) is 14.7 Å². The van der Waals surface area contributed by atoms with Gasteiger partial charge in [-0.05, 0) is 36.4 Å². The molecular weight excluding hydrogens is 255 g/mol. The van der Waals surface area contributed by atoms with Gasteiger partial charge in [-0.25, -0.2) is 12.8 Å². The zero-order valence-electron chi connectivity index (χ0n) is 9.21. The minimum Gasteiger partial charge on any atom is -0.298 e. The van der Waals surface area contributed by atoms with Gasteiger partial charge in [0.2, 0.25) is 9.84 Å². The molecule has 92 valence electrons. The summed E-state index contributed by atoms with van der Waals surface area (Å²) in [5, 5.41) is 0. The molecule has 0 aliphatic carbocycles. The first-order chi connectivity index (χ1) is 8.54. The van der Waals surface area contributed by atoms with E-state index >= 15 is 0 Å². The Morgan fingerprint density at radius 2 is 1.28 bits per heavy atom. The van der Waals surface area contributed by atoms with Crippen molar-refractivity contribution in [2.45, 2.75) is 9.79 Å². The zero-order valence-corrected chi connectivity index (χ0v) is 10.0. The molecule has 2 aromatic rings. The standard InChI is InChI=1S/C13H9FO3S/c14-11-3-7-13(8-4-11)18(16,17)12-5-1-10(9-15)2-6-12/h1-9H. The third-order valence-electron chi connectivity index (χ3n) is 2.45. The SMILES string of the molecule is O=Cc1ccc(S(=O)(=O)c2ccc(F)cc2)cc1. The molecule has 2 aromatic carbocycles. The Kier molecular flexibility index (Phi) is 3.25. The van der Waals surface area contributed by atoms with Gasteiger partial charge in [0, 0.05) is 5.56 Å². The number of hydrogen-bond acceptors (Lipinski definition) is 3. The van der Waals surface area contributed by atoms with Crippen molar-refractivity contribution in [2.75, 3.05) is 0 Å². The van der Waals surface area contributed by atoms with E-state index in [1.54, 1.807) is 0 Å². The van der Waals surface area contributed by atoms with E-state index in [0.717, 1.165) is 12.1 Å². The zero-order chi connectivity index (χ0) is 13.2. The molecule has 0 atom stereocenters. The van der Waals surface area contributed by atoms with Crippen LogP contribution in [0.1, 0.15) is 10.4 Å². The first-order valence-corrected chi connectivity index (χ1v) is 6.58. The van der Waals surface area contributed by atoms with Gasteiger partial charge in [-0.15, -0.1) is 0 Å². The van der Waals surface area contributed by atoms with Crippen molar-refractivity contribution in [3.05, 3.63) is 59.9 Å². The molecule has 0 aliphatic heterocycles. The lowest BCUT2D eigenvalue weighted by Gasteiger charge is -2.04. The normalized spacial score (nSPS) is 11.2. The largest absolute Gasteiger partial charge is 0.298 e. The Hall–Kier alpha value is -2.01. The molecular formula is C13H9FO3S. The highest BCUT2D eigenvalue weighted by molar-refractivity contribution is 7.91. The average molecular weight is 264 g/mol. The predicted molar refractivity (Wildman–Crippen MR) is 63.7 cm³/mol. The highest BCUT2D eigenvalue weighted by Crippen LogP contribution is 2.21. The second-order valence-electron chi connectivity index (χ2n) is 3.64. The maximum Gasteiger partial charge on any atom is 0.206 e. The lowest BCUT2D eigenvalue weighted by Crippen LogP contribution is -2.02. The van der Waals surface area contributed by atoms with Crippen molar-refractivity contribution in [3.63, 3.8) is 0 Å². The van der Waals surface area contributed by atoms with E-state index in [1.807, 2.05) is 0 Å². The number of rotatable bonds is 3. The molecule has 0 unspecified atom stereocenters. The predicted octanol–water partition coefficient (Wildman–Crippen LogP) is 2.47. The van der Waals surface area contributed by atoms with Crippen LogP contribution in [0.5, 0.6) is 0 Å². The number of halogens is 1. The van der Waals surface area contributed by atoms with E-state index in [9.17, 15) is 17.6 Å². The lowest BCUT2D eigenvalue weighted by atomic mass is 10.2. The second kappa shape index (κ2) is 4.70. The van der Waals surface area contributed by atoms with Gasteiger partial charge in [0.15, 0.2) is 0 Å². The summed E-state index contributed by atoms with van der Waals surface area (Å²) in [6.07, 6.45) is 0.633. The fourth-order valence-corrected chi connectivity index (χ4v) is 2.74. The number of benzene rings is 2. The lowest BCUT2D eigenvalue weighted by molar-refractivity contribution is 0.112. The Labute approximate surface area is 104 Å².